The summed E-state index contributed by atoms with van der Waals surface area (Å²) in [4.78, 5) is 11.9. The van der Waals surface area contributed by atoms with Crippen LogP contribution in [0.3, 0.4) is 0 Å². The van der Waals surface area contributed by atoms with Crippen LogP contribution >= 0.6 is 0 Å². The molecule has 0 N–H and O–H groups in total. The summed E-state index contributed by atoms with van der Waals surface area (Å²) in [6, 6.07) is 8.74. The monoisotopic (exact) mass is 216 g/mol. The second kappa shape index (κ2) is 4.18. The standard InChI is InChI=1S/C12H12N2O2/c1-9-7-8-14(13-9)12(15)10-3-5-11(16-2)6-4-10/h3-8H,1-2H3. The molecule has 0 unspecified atom stereocenters. The predicted octanol–water partition coefficient (Wildman–Crippen LogP) is 1.89. The zero-order chi connectivity index (χ0) is 11.5. The summed E-state index contributed by atoms with van der Waals surface area (Å²) < 4.78 is 6.36. The number of benzene rings is 1. The first-order valence-electron chi connectivity index (χ1n) is 4.92. The fourth-order valence-electron chi connectivity index (χ4n) is 1.39. The van der Waals surface area contributed by atoms with E-state index in [1.807, 2.05) is 6.92 Å². The Bertz CT molecular complexity index is 500. The van der Waals surface area contributed by atoms with Gasteiger partial charge in [0.15, 0.2) is 0 Å². The number of hydrogen-bond donors (Lipinski definition) is 0. The van der Waals surface area contributed by atoms with Crippen LogP contribution in [0.2, 0.25) is 0 Å². The number of methoxy groups -OCH3 is 1. The number of hydrogen-bond acceptors (Lipinski definition) is 3. The summed E-state index contributed by atoms with van der Waals surface area (Å²) >= 11 is 0. The average molecular weight is 216 g/mol. The molecule has 4 nitrogen and oxygen atoms in total. The van der Waals surface area contributed by atoms with E-state index in [1.54, 1.807) is 43.6 Å². The molecular weight excluding hydrogens is 204 g/mol. The second-order valence-corrected chi connectivity index (χ2v) is 3.44. The molecular formula is C12H12N2O2. The van der Waals surface area contributed by atoms with Crippen LogP contribution in [0.4, 0.5) is 0 Å². The minimum atomic E-state index is -0.143. The third kappa shape index (κ3) is 1.95. The van der Waals surface area contributed by atoms with Crippen LogP contribution in [-0.2, 0) is 0 Å². The van der Waals surface area contributed by atoms with Gasteiger partial charge in [0.1, 0.15) is 5.75 Å². The van der Waals surface area contributed by atoms with Gasteiger partial charge in [-0.2, -0.15) is 5.10 Å². The smallest absolute Gasteiger partial charge is 0.278 e. The van der Waals surface area contributed by atoms with Gasteiger partial charge in [0.2, 0.25) is 0 Å². The Morgan fingerprint density at radius 2 is 1.94 bits per heavy atom. The van der Waals surface area contributed by atoms with Crippen LogP contribution in [0, 0.1) is 6.92 Å². The summed E-state index contributed by atoms with van der Waals surface area (Å²) in [5.74, 6) is 0.587. The molecule has 0 aliphatic carbocycles. The number of carbonyl (C=O) groups excluding carboxylic acids is 1. The third-order valence-electron chi connectivity index (χ3n) is 2.27. The van der Waals surface area contributed by atoms with Crippen LogP contribution in [0.5, 0.6) is 5.75 Å². The number of carbonyl (C=O) groups is 1. The van der Waals surface area contributed by atoms with E-state index in [4.69, 9.17) is 4.74 Å². The van der Waals surface area contributed by atoms with Crippen molar-refractivity contribution in [3.63, 3.8) is 0 Å². The van der Waals surface area contributed by atoms with E-state index in [1.165, 1.54) is 4.68 Å². The lowest BCUT2D eigenvalue weighted by Gasteiger charge is -2.02. The molecule has 0 spiro atoms. The molecule has 1 aromatic heterocycles. The molecule has 0 saturated heterocycles. The van der Waals surface area contributed by atoms with Crippen LogP contribution < -0.4 is 4.74 Å². The highest BCUT2D eigenvalue weighted by atomic mass is 16.5. The maximum Gasteiger partial charge on any atom is 0.278 e. The highest BCUT2D eigenvalue weighted by molar-refractivity contribution is 5.95. The van der Waals surface area contributed by atoms with E-state index in [2.05, 4.69) is 5.10 Å². The molecule has 0 bridgehead atoms. The Labute approximate surface area is 93.5 Å². The van der Waals surface area contributed by atoms with E-state index in [0.29, 0.717) is 5.56 Å². The van der Waals surface area contributed by atoms with Gasteiger partial charge in [-0.15, -0.1) is 0 Å². The highest BCUT2D eigenvalue weighted by Crippen LogP contribution is 2.12. The molecule has 0 saturated carbocycles. The molecule has 2 aromatic rings. The van der Waals surface area contributed by atoms with E-state index in [9.17, 15) is 4.79 Å². The van der Waals surface area contributed by atoms with E-state index >= 15 is 0 Å². The Morgan fingerprint density at radius 1 is 1.25 bits per heavy atom. The van der Waals surface area contributed by atoms with Gasteiger partial charge < -0.3 is 4.74 Å². The Morgan fingerprint density at radius 3 is 2.44 bits per heavy atom. The van der Waals surface area contributed by atoms with Crippen molar-refractivity contribution in [3.05, 3.63) is 47.8 Å². The lowest BCUT2D eigenvalue weighted by molar-refractivity contribution is 0.0944. The minimum Gasteiger partial charge on any atom is -0.497 e. The number of nitrogens with zero attached hydrogens (tertiary/aromatic N) is 2. The molecule has 0 atom stereocenters. The van der Waals surface area contributed by atoms with E-state index in [0.717, 1.165) is 11.4 Å². The van der Waals surface area contributed by atoms with Crippen molar-refractivity contribution in [1.82, 2.24) is 9.78 Å². The molecule has 2 rings (SSSR count). The van der Waals surface area contributed by atoms with Crippen molar-refractivity contribution in [3.8, 4) is 5.75 Å². The van der Waals surface area contributed by atoms with Crippen LogP contribution in [0.25, 0.3) is 0 Å². The van der Waals surface area contributed by atoms with E-state index < -0.39 is 0 Å². The summed E-state index contributed by atoms with van der Waals surface area (Å²) in [5, 5.41) is 4.07. The first-order chi connectivity index (χ1) is 7.70. The van der Waals surface area contributed by atoms with Crippen molar-refractivity contribution in [2.45, 2.75) is 6.92 Å². The van der Waals surface area contributed by atoms with Gasteiger partial charge >= 0.3 is 0 Å². The van der Waals surface area contributed by atoms with Crippen molar-refractivity contribution in [2.75, 3.05) is 7.11 Å². The molecule has 16 heavy (non-hydrogen) atoms. The zero-order valence-electron chi connectivity index (χ0n) is 9.18. The molecule has 0 amide bonds. The quantitative estimate of drug-likeness (QED) is 0.770. The molecule has 4 heteroatoms. The molecule has 1 heterocycles. The number of ether oxygens (including phenoxy) is 1. The van der Waals surface area contributed by atoms with Crippen LogP contribution in [0.1, 0.15) is 16.1 Å². The molecule has 0 aliphatic rings. The van der Waals surface area contributed by atoms with Gasteiger partial charge in [-0.05, 0) is 37.3 Å². The van der Waals surface area contributed by atoms with Gasteiger partial charge in [0, 0.05) is 11.8 Å². The second-order valence-electron chi connectivity index (χ2n) is 3.44. The fraction of sp³-hybridized carbons (Fsp3) is 0.167. The first kappa shape index (κ1) is 10.4. The molecule has 0 radical (unpaired) electrons. The number of aromatic nitrogens is 2. The predicted molar refractivity (Wildman–Crippen MR) is 59.7 cm³/mol. The summed E-state index contributed by atoms with van der Waals surface area (Å²) in [7, 11) is 1.59. The maximum atomic E-state index is 11.9. The normalized spacial score (nSPS) is 10.1. The summed E-state index contributed by atoms with van der Waals surface area (Å²) in [5.41, 5.74) is 1.41. The maximum absolute atomic E-state index is 11.9. The zero-order valence-corrected chi connectivity index (χ0v) is 9.18. The average Bonchev–Trinajstić information content (AvgIpc) is 2.75. The Kier molecular flexibility index (Phi) is 2.72. The van der Waals surface area contributed by atoms with Crippen molar-refractivity contribution in [1.29, 1.82) is 0 Å². The highest BCUT2D eigenvalue weighted by Gasteiger charge is 2.08. The number of rotatable bonds is 2. The van der Waals surface area contributed by atoms with Crippen molar-refractivity contribution < 1.29 is 9.53 Å². The van der Waals surface area contributed by atoms with Crippen LogP contribution in [0.15, 0.2) is 36.5 Å². The van der Waals surface area contributed by atoms with Gasteiger partial charge in [0.25, 0.3) is 5.91 Å². The SMILES string of the molecule is COc1ccc(C(=O)n2ccc(C)n2)cc1. The molecule has 0 fully saturated rings. The van der Waals surface area contributed by atoms with Crippen LogP contribution in [-0.4, -0.2) is 22.8 Å². The van der Waals surface area contributed by atoms with Gasteiger partial charge in [-0.1, -0.05) is 0 Å². The Balaban J connectivity index is 2.27. The summed E-state index contributed by atoms with van der Waals surface area (Å²) in [6.45, 7) is 1.85. The number of aryl methyl sites for hydroxylation is 1. The van der Waals surface area contributed by atoms with Crippen molar-refractivity contribution in [2.24, 2.45) is 0 Å². The molecule has 0 aliphatic heterocycles. The molecule has 82 valence electrons. The minimum absolute atomic E-state index is 0.143. The third-order valence-corrected chi connectivity index (χ3v) is 2.27. The first-order valence-corrected chi connectivity index (χ1v) is 4.92. The lowest BCUT2D eigenvalue weighted by Crippen LogP contribution is -2.12. The van der Waals surface area contributed by atoms with Gasteiger partial charge in [0.05, 0.1) is 12.8 Å². The summed E-state index contributed by atoms with van der Waals surface area (Å²) in [6.07, 6.45) is 1.65. The van der Waals surface area contributed by atoms with Gasteiger partial charge in [-0.3, -0.25) is 4.79 Å². The van der Waals surface area contributed by atoms with E-state index in [-0.39, 0.29) is 5.91 Å². The topological polar surface area (TPSA) is 44.1 Å². The Hall–Kier alpha value is -2.10. The van der Waals surface area contributed by atoms with Gasteiger partial charge in [-0.25, -0.2) is 4.68 Å². The fourth-order valence-corrected chi connectivity index (χ4v) is 1.39. The largest absolute Gasteiger partial charge is 0.497 e. The van der Waals surface area contributed by atoms with Crippen molar-refractivity contribution >= 4 is 5.91 Å². The molecule has 1 aromatic carbocycles. The lowest BCUT2D eigenvalue weighted by atomic mass is 10.2.